The van der Waals surface area contributed by atoms with E-state index in [1.165, 1.54) is 18.3 Å². The highest BCUT2D eigenvalue weighted by atomic mass is 19.1. The van der Waals surface area contributed by atoms with Gasteiger partial charge in [-0.05, 0) is 24.3 Å². The second kappa shape index (κ2) is 7.61. The van der Waals surface area contributed by atoms with E-state index in [1.807, 2.05) is 24.3 Å². The number of nitrogens with zero attached hydrogens (tertiary/aromatic N) is 5. The Morgan fingerprint density at radius 1 is 0.929 bits per heavy atom. The lowest BCUT2D eigenvalue weighted by Gasteiger charge is -2.37. The number of benzene rings is 2. The fraction of sp³-hybridized carbons (Fsp3) is 0.190. The van der Waals surface area contributed by atoms with Crippen molar-refractivity contribution >= 4 is 11.5 Å². The Balaban J connectivity index is 1.52. The number of para-hydroxylation sites is 1. The topological polar surface area (TPSA) is 56.1 Å². The first-order valence-electron chi connectivity index (χ1n) is 8.92. The second-order valence-electron chi connectivity index (χ2n) is 6.49. The molecule has 1 aliphatic rings. The van der Waals surface area contributed by atoms with Gasteiger partial charge < -0.3 is 9.80 Å². The van der Waals surface area contributed by atoms with Gasteiger partial charge in [0.05, 0.1) is 29.3 Å². The first-order chi connectivity index (χ1) is 13.7. The standard InChI is InChI=1S/C21H17F2N5/c22-16-5-6-17(18(23)11-16)19-13-25-14-21(26-19)28-9-7-27(8-10-28)20-4-2-1-3-15(20)12-24/h1-6,11,13-14H,7-10H2. The lowest BCUT2D eigenvalue weighted by molar-refractivity contribution is 0.585. The van der Waals surface area contributed by atoms with E-state index in [0.29, 0.717) is 30.2 Å². The monoisotopic (exact) mass is 377 g/mol. The molecule has 140 valence electrons. The molecule has 1 aliphatic heterocycles. The largest absolute Gasteiger partial charge is 0.367 e. The number of halogens is 2. The molecule has 0 aliphatic carbocycles. The molecule has 0 amide bonds. The highest BCUT2D eigenvalue weighted by molar-refractivity contribution is 5.62. The molecule has 3 aromatic rings. The molecule has 1 fully saturated rings. The van der Waals surface area contributed by atoms with Crippen LogP contribution in [0.15, 0.2) is 54.9 Å². The van der Waals surface area contributed by atoms with Gasteiger partial charge in [-0.3, -0.25) is 4.98 Å². The van der Waals surface area contributed by atoms with E-state index < -0.39 is 11.6 Å². The first kappa shape index (κ1) is 17.9. The van der Waals surface area contributed by atoms with Crippen molar-refractivity contribution in [3.8, 4) is 17.3 Å². The summed E-state index contributed by atoms with van der Waals surface area (Å²) >= 11 is 0. The molecule has 7 heteroatoms. The molecule has 1 aromatic heterocycles. The van der Waals surface area contributed by atoms with Crippen molar-refractivity contribution in [3.63, 3.8) is 0 Å². The summed E-state index contributed by atoms with van der Waals surface area (Å²) in [5, 5.41) is 9.30. The van der Waals surface area contributed by atoms with Gasteiger partial charge in [0.15, 0.2) is 0 Å². The molecular formula is C21H17F2N5. The minimum atomic E-state index is -0.663. The molecular weight excluding hydrogens is 360 g/mol. The van der Waals surface area contributed by atoms with E-state index in [4.69, 9.17) is 0 Å². The molecule has 2 heterocycles. The Hall–Kier alpha value is -3.53. The van der Waals surface area contributed by atoms with Crippen LogP contribution in [0.2, 0.25) is 0 Å². The van der Waals surface area contributed by atoms with Gasteiger partial charge in [0.2, 0.25) is 0 Å². The zero-order chi connectivity index (χ0) is 19.5. The first-order valence-corrected chi connectivity index (χ1v) is 8.92. The zero-order valence-corrected chi connectivity index (χ0v) is 15.0. The van der Waals surface area contributed by atoms with Crippen LogP contribution in [0, 0.1) is 23.0 Å². The van der Waals surface area contributed by atoms with Gasteiger partial charge in [0.1, 0.15) is 23.5 Å². The van der Waals surface area contributed by atoms with Gasteiger partial charge in [-0.2, -0.15) is 5.26 Å². The van der Waals surface area contributed by atoms with Crippen LogP contribution in [-0.4, -0.2) is 36.1 Å². The summed E-state index contributed by atoms with van der Waals surface area (Å²) in [5.74, 6) is -0.641. The number of hydrogen-bond donors (Lipinski definition) is 0. The van der Waals surface area contributed by atoms with Crippen LogP contribution in [0.1, 0.15) is 5.56 Å². The third kappa shape index (κ3) is 3.49. The van der Waals surface area contributed by atoms with E-state index in [2.05, 4.69) is 25.8 Å². The van der Waals surface area contributed by atoms with Crippen molar-refractivity contribution in [3.05, 3.63) is 72.1 Å². The Kier molecular flexibility index (Phi) is 4.85. The quantitative estimate of drug-likeness (QED) is 0.698. The second-order valence-corrected chi connectivity index (χ2v) is 6.49. The summed E-state index contributed by atoms with van der Waals surface area (Å²) in [4.78, 5) is 12.9. The number of aromatic nitrogens is 2. The smallest absolute Gasteiger partial charge is 0.147 e. The molecule has 1 saturated heterocycles. The molecule has 0 N–H and O–H groups in total. The van der Waals surface area contributed by atoms with Crippen LogP contribution in [-0.2, 0) is 0 Å². The van der Waals surface area contributed by atoms with Gasteiger partial charge in [0, 0.05) is 37.8 Å². The van der Waals surface area contributed by atoms with Gasteiger partial charge in [-0.1, -0.05) is 12.1 Å². The van der Waals surface area contributed by atoms with E-state index >= 15 is 0 Å². The lowest BCUT2D eigenvalue weighted by Crippen LogP contribution is -2.47. The lowest BCUT2D eigenvalue weighted by atomic mass is 10.1. The number of nitriles is 1. The Morgan fingerprint density at radius 3 is 2.43 bits per heavy atom. The number of rotatable bonds is 3. The summed E-state index contributed by atoms with van der Waals surface area (Å²) in [6.07, 6.45) is 3.11. The fourth-order valence-electron chi connectivity index (χ4n) is 3.36. The fourth-order valence-corrected chi connectivity index (χ4v) is 3.36. The molecule has 0 bridgehead atoms. The van der Waals surface area contributed by atoms with E-state index in [9.17, 15) is 14.0 Å². The molecule has 2 aromatic carbocycles. The minimum Gasteiger partial charge on any atom is -0.367 e. The molecule has 0 radical (unpaired) electrons. The number of piperazine rings is 1. The SMILES string of the molecule is N#Cc1ccccc1N1CCN(c2cncc(-c3ccc(F)cc3F)n2)CC1. The molecule has 28 heavy (non-hydrogen) atoms. The summed E-state index contributed by atoms with van der Waals surface area (Å²) in [6.45, 7) is 2.86. The van der Waals surface area contributed by atoms with Gasteiger partial charge >= 0.3 is 0 Å². The number of hydrogen-bond acceptors (Lipinski definition) is 5. The highest BCUT2D eigenvalue weighted by Crippen LogP contribution is 2.25. The maximum atomic E-state index is 14.1. The Labute approximate surface area is 161 Å². The molecule has 0 unspecified atom stereocenters. The average Bonchev–Trinajstić information content (AvgIpc) is 2.74. The predicted molar refractivity (Wildman–Crippen MR) is 103 cm³/mol. The summed E-state index contributed by atoms with van der Waals surface area (Å²) in [7, 11) is 0. The van der Waals surface area contributed by atoms with Crippen molar-refractivity contribution in [2.45, 2.75) is 0 Å². The van der Waals surface area contributed by atoms with E-state index in [1.54, 1.807) is 6.20 Å². The third-order valence-corrected chi connectivity index (χ3v) is 4.80. The van der Waals surface area contributed by atoms with Crippen molar-refractivity contribution in [2.24, 2.45) is 0 Å². The van der Waals surface area contributed by atoms with Crippen LogP contribution < -0.4 is 9.80 Å². The van der Waals surface area contributed by atoms with Crippen LogP contribution in [0.3, 0.4) is 0 Å². The van der Waals surface area contributed by atoms with Gasteiger partial charge in [-0.15, -0.1) is 0 Å². The Bertz CT molecular complexity index is 1040. The normalized spacial score (nSPS) is 14.0. The van der Waals surface area contributed by atoms with Gasteiger partial charge in [-0.25, -0.2) is 13.8 Å². The molecule has 0 atom stereocenters. The average molecular weight is 377 g/mol. The van der Waals surface area contributed by atoms with Crippen LogP contribution in [0.25, 0.3) is 11.3 Å². The molecule has 0 spiro atoms. The zero-order valence-electron chi connectivity index (χ0n) is 15.0. The predicted octanol–water partition coefficient (Wildman–Crippen LogP) is 3.62. The molecule has 4 rings (SSSR count). The summed E-state index contributed by atoms with van der Waals surface area (Å²) < 4.78 is 27.2. The third-order valence-electron chi connectivity index (χ3n) is 4.80. The Morgan fingerprint density at radius 2 is 1.68 bits per heavy atom. The summed E-state index contributed by atoms with van der Waals surface area (Å²) in [6, 6.07) is 13.2. The molecule has 0 saturated carbocycles. The van der Waals surface area contributed by atoms with Gasteiger partial charge in [0.25, 0.3) is 0 Å². The van der Waals surface area contributed by atoms with Crippen LogP contribution in [0.5, 0.6) is 0 Å². The maximum absolute atomic E-state index is 14.1. The highest BCUT2D eigenvalue weighted by Gasteiger charge is 2.21. The maximum Gasteiger partial charge on any atom is 0.147 e. The molecule has 5 nitrogen and oxygen atoms in total. The van der Waals surface area contributed by atoms with E-state index in [-0.39, 0.29) is 5.56 Å². The van der Waals surface area contributed by atoms with E-state index in [0.717, 1.165) is 24.8 Å². The van der Waals surface area contributed by atoms with Crippen molar-refractivity contribution < 1.29 is 8.78 Å². The van der Waals surface area contributed by atoms with Crippen molar-refractivity contribution in [1.82, 2.24) is 9.97 Å². The minimum absolute atomic E-state index is 0.220. The number of anilines is 2. The van der Waals surface area contributed by atoms with Crippen LogP contribution in [0.4, 0.5) is 20.3 Å². The van der Waals surface area contributed by atoms with Crippen molar-refractivity contribution in [2.75, 3.05) is 36.0 Å². The van der Waals surface area contributed by atoms with Crippen molar-refractivity contribution in [1.29, 1.82) is 5.26 Å². The van der Waals surface area contributed by atoms with Crippen LogP contribution >= 0.6 is 0 Å². The summed E-state index contributed by atoms with van der Waals surface area (Å²) in [5.41, 5.74) is 2.17.